The van der Waals surface area contributed by atoms with Gasteiger partial charge in [0.05, 0.1) is 21.9 Å². The van der Waals surface area contributed by atoms with E-state index in [1.807, 2.05) is 0 Å². The predicted octanol–water partition coefficient (Wildman–Crippen LogP) is 2.63. The SMILES string of the molecule is Nc1ccc(F)cc1NC(=O)c1csc([N+](=O)[O-])c1. The molecule has 1 heterocycles. The van der Waals surface area contributed by atoms with Crippen LogP contribution >= 0.6 is 11.3 Å². The maximum atomic E-state index is 13.0. The average Bonchev–Trinajstić information content (AvgIpc) is 2.83. The van der Waals surface area contributed by atoms with Crippen molar-refractivity contribution in [1.29, 1.82) is 0 Å². The summed E-state index contributed by atoms with van der Waals surface area (Å²) in [5.41, 5.74) is 6.04. The van der Waals surface area contributed by atoms with E-state index in [0.717, 1.165) is 23.5 Å². The Morgan fingerprint density at radius 2 is 2.16 bits per heavy atom. The topological polar surface area (TPSA) is 98.3 Å². The summed E-state index contributed by atoms with van der Waals surface area (Å²) in [6, 6.07) is 4.71. The second kappa shape index (κ2) is 5.02. The maximum absolute atomic E-state index is 13.0. The lowest BCUT2D eigenvalue weighted by molar-refractivity contribution is -0.380. The molecule has 1 amide bonds. The lowest BCUT2D eigenvalue weighted by Crippen LogP contribution is -2.12. The Morgan fingerprint density at radius 1 is 1.42 bits per heavy atom. The summed E-state index contributed by atoms with van der Waals surface area (Å²) in [6.07, 6.45) is 0. The van der Waals surface area contributed by atoms with Crippen LogP contribution in [0.3, 0.4) is 0 Å². The molecule has 0 unspecified atom stereocenters. The van der Waals surface area contributed by atoms with Gasteiger partial charge in [-0.3, -0.25) is 14.9 Å². The zero-order valence-corrected chi connectivity index (χ0v) is 10.2. The molecule has 0 bridgehead atoms. The summed E-state index contributed by atoms with van der Waals surface area (Å²) in [6.45, 7) is 0. The molecule has 2 aromatic rings. The van der Waals surface area contributed by atoms with Crippen LogP contribution < -0.4 is 11.1 Å². The van der Waals surface area contributed by atoms with E-state index >= 15 is 0 Å². The number of nitrogens with two attached hydrogens (primary N) is 1. The third-order valence-electron chi connectivity index (χ3n) is 2.29. The molecule has 0 aliphatic carbocycles. The number of anilines is 2. The second-order valence-electron chi connectivity index (χ2n) is 3.62. The van der Waals surface area contributed by atoms with Crippen molar-refractivity contribution in [3.63, 3.8) is 0 Å². The van der Waals surface area contributed by atoms with E-state index in [0.29, 0.717) is 0 Å². The molecule has 0 aliphatic rings. The number of nitrogens with zero attached hydrogens (tertiary/aromatic N) is 1. The number of amides is 1. The van der Waals surface area contributed by atoms with Gasteiger partial charge in [0, 0.05) is 11.4 Å². The zero-order valence-electron chi connectivity index (χ0n) is 9.42. The molecule has 98 valence electrons. The second-order valence-corrected chi connectivity index (χ2v) is 4.51. The zero-order chi connectivity index (χ0) is 14.0. The molecule has 1 aromatic heterocycles. The maximum Gasteiger partial charge on any atom is 0.324 e. The van der Waals surface area contributed by atoms with Crippen LogP contribution in [0.4, 0.5) is 20.8 Å². The largest absolute Gasteiger partial charge is 0.397 e. The van der Waals surface area contributed by atoms with Gasteiger partial charge in [-0.1, -0.05) is 11.3 Å². The van der Waals surface area contributed by atoms with Crippen LogP contribution in [-0.2, 0) is 0 Å². The van der Waals surface area contributed by atoms with Crippen molar-refractivity contribution in [3.05, 3.63) is 51.1 Å². The Morgan fingerprint density at radius 3 is 2.79 bits per heavy atom. The minimum atomic E-state index is -0.585. The van der Waals surface area contributed by atoms with E-state index in [4.69, 9.17) is 5.73 Å². The molecule has 1 aromatic carbocycles. The molecule has 0 aliphatic heterocycles. The van der Waals surface area contributed by atoms with Crippen LogP contribution in [-0.4, -0.2) is 10.8 Å². The highest BCUT2D eigenvalue weighted by atomic mass is 32.1. The summed E-state index contributed by atoms with van der Waals surface area (Å²) in [7, 11) is 0. The first-order valence-electron chi connectivity index (χ1n) is 5.06. The number of benzene rings is 1. The van der Waals surface area contributed by atoms with E-state index in [1.165, 1.54) is 17.5 Å². The fourth-order valence-electron chi connectivity index (χ4n) is 1.37. The molecule has 0 atom stereocenters. The molecule has 6 nitrogen and oxygen atoms in total. The number of carbonyl (C=O) groups is 1. The Balaban J connectivity index is 2.20. The first kappa shape index (κ1) is 13.0. The molecule has 19 heavy (non-hydrogen) atoms. The summed E-state index contributed by atoms with van der Waals surface area (Å²) in [5.74, 6) is -1.12. The van der Waals surface area contributed by atoms with Gasteiger partial charge >= 0.3 is 5.00 Å². The Kier molecular flexibility index (Phi) is 3.43. The summed E-state index contributed by atoms with van der Waals surface area (Å²) in [5, 5.41) is 14.1. The minimum absolute atomic E-state index is 0.124. The van der Waals surface area contributed by atoms with Crippen LogP contribution in [0.15, 0.2) is 29.6 Å². The smallest absolute Gasteiger partial charge is 0.324 e. The normalized spacial score (nSPS) is 10.2. The van der Waals surface area contributed by atoms with Crippen LogP contribution in [0.5, 0.6) is 0 Å². The fraction of sp³-hybridized carbons (Fsp3) is 0. The van der Waals surface area contributed by atoms with Gasteiger partial charge in [0.1, 0.15) is 5.82 Å². The van der Waals surface area contributed by atoms with E-state index in [9.17, 15) is 19.3 Å². The molecule has 2 rings (SSSR count). The lowest BCUT2D eigenvalue weighted by Gasteiger charge is -2.06. The van der Waals surface area contributed by atoms with Gasteiger partial charge in [-0.05, 0) is 18.2 Å². The van der Waals surface area contributed by atoms with Crippen LogP contribution in [0.1, 0.15) is 10.4 Å². The van der Waals surface area contributed by atoms with E-state index in [-0.39, 0.29) is 21.9 Å². The number of rotatable bonds is 3. The molecule has 0 spiro atoms. The van der Waals surface area contributed by atoms with Crippen molar-refractivity contribution in [1.82, 2.24) is 0 Å². The number of nitrogen functional groups attached to an aromatic ring is 1. The molecule has 8 heteroatoms. The third kappa shape index (κ3) is 2.86. The van der Waals surface area contributed by atoms with Gasteiger partial charge < -0.3 is 11.1 Å². The van der Waals surface area contributed by atoms with Crippen molar-refractivity contribution >= 4 is 33.6 Å². The highest BCUT2D eigenvalue weighted by molar-refractivity contribution is 7.13. The highest BCUT2D eigenvalue weighted by Gasteiger charge is 2.15. The first-order valence-corrected chi connectivity index (χ1v) is 5.94. The molecule has 0 fully saturated rings. The number of carbonyl (C=O) groups excluding carboxylic acids is 1. The molecular formula is C11H8FN3O3S. The Bertz CT molecular complexity index is 656. The average molecular weight is 281 g/mol. The van der Waals surface area contributed by atoms with Crippen LogP contribution in [0, 0.1) is 15.9 Å². The molecule has 0 saturated carbocycles. The Hall–Kier alpha value is -2.48. The van der Waals surface area contributed by atoms with Gasteiger partial charge in [0.2, 0.25) is 0 Å². The van der Waals surface area contributed by atoms with Crippen molar-refractivity contribution in [2.45, 2.75) is 0 Å². The molecule has 0 radical (unpaired) electrons. The van der Waals surface area contributed by atoms with Crippen molar-refractivity contribution < 1.29 is 14.1 Å². The summed E-state index contributed by atoms with van der Waals surface area (Å²) in [4.78, 5) is 21.7. The molecule has 3 N–H and O–H groups in total. The quantitative estimate of drug-likeness (QED) is 0.513. The number of nitro groups is 1. The van der Waals surface area contributed by atoms with Crippen molar-refractivity contribution in [3.8, 4) is 0 Å². The fourth-order valence-corrected chi connectivity index (χ4v) is 2.07. The Labute approximate surface area is 110 Å². The number of hydrogen-bond donors (Lipinski definition) is 2. The number of thiophene rings is 1. The van der Waals surface area contributed by atoms with Crippen LogP contribution in [0.25, 0.3) is 0 Å². The van der Waals surface area contributed by atoms with Crippen LogP contribution in [0.2, 0.25) is 0 Å². The molecule has 0 saturated heterocycles. The van der Waals surface area contributed by atoms with E-state index in [2.05, 4.69) is 5.32 Å². The minimum Gasteiger partial charge on any atom is -0.397 e. The van der Waals surface area contributed by atoms with Crippen molar-refractivity contribution in [2.24, 2.45) is 0 Å². The van der Waals surface area contributed by atoms with Crippen molar-refractivity contribution in [2.75, 3.05) is 11.1 Å². The standard InChI is InChI=1S/C11H8FN3O3S/c12-7-1-2-8(13)9(4-7)14-11(16)6-3-10(15(17)18)19-5-6/h1-5H,13H2,(H,14,16). The molecular weight excluding hydrogens is 273 g/mol. The third-order valence-corrected chi connectivity index (χ3v) is 3.17. The van der Waals surface area contributed by atoms with Gasteiger partial charge in [-0.2, -0.15) is 0 Å². The number of hydrogen-bond acceptors (Lipinski definition) is 5. The van der Waals surface area contributed by atoms with Gasteiger partial charge in [-0.25, -0.2) is 4.39 Å². The summed E-state index contributed by atoms with van der Waals surface area (Å²) < 4.78 is 13.0. The predicted molar refractivity (Wildman–Crippen MR) is 69.7 cm³/mol. The van der Waals surface area contributed by atoms with E-state index in [1.54, 1.807) is 0 Å². The van der Waals surface area contributed by atoms with Gasteiger partial charge in [0.15, 0.2) is 0 Å². The van der Waals surface area contributed by atoms with E-state index < -0.39 is 16.6 Å². The van der Waals surface area contributed by atoms with Gasteiger partial charge in [-0.15, -0.1) is 0 Å². The lowest BCUT2D eigenvalue weighted by atomic mass is 10.2. The monoisotopic (exact) mass is 281 g/mol. The first-order chi connectivity index (χ1) is 8.97. The number of halogens is 1. The highest BCUT2D eigenvalue weighted by Crippen LogP contribution is 2.25. The summed E-state index contributed by atoms with van der Waals surface area (Å²) >= 11 is 0.839. The van der Waals surface area contributed by atoms with Gasteiger partial charge in [0.25, 0.3) is 5.91 Å². The number of nitrogens with one attached hydrogen (secondary N) is 1.